The summed E-state index contributed by atoms with van der Waals surface area (Å²) in [4.78, 5) is 24.7. The molecule has 7 heteroatoms. The fourth-order valence-electron chi connectivity index (χ4n) is 1.47. The van der Waals surface area contributed by atoms with E-state index in [2.05, 4.69) is 25.6 Å². The zero-order valence-electron chi connectivity index (χ0n) is 11.0. The van der Waals surface area contributed by atoms with Gasteiger partial charge in [-0.3, -0.25) is 10.1 Å². The molecule has 1 amide bonds. The highest BCUT2D eigenvalue weighted by molar-refractivity contribution is 7.13. The molecule has 2 heterocycles. The van der Waals surface area contributed by atoms with Crippen molar-refractivity contribution in [1.29, 1.82) is 0 Å². The third-order valence-corrected chi connectivity index (χ3v) is 3.15. The van der Waals surface area contributed by atoms with Crippen LogP contribution in [0.15, 0.2) is 17.8 Å². The van der Waals surface area contributed by atoms with E-state index in [1.54, 1.807) is 24.8 Å². The summed E-state index contributed by atoms with van der Waals surface area (Å²) in [6.07, 6.45) is 3.26. The van der Waals surface area contributed by atoms with E-state index >= 15 is 0 Å². The number of thiazole rings is 1. The predicted octanol–water partition coefficient (Wildman–Crippen LogP) is 2.35. The molecule has 2 N–H and O–H groups in total. The minimum Gasteiger partial charge on any atom is -0.385 e. The van der Waals surface area contributed by atoms with Gasteiger partial charge in [0.15, 0.2) is 10.8 Å². The van der Waals surface area contributed by atoms with Gasteiger partial charge >= 0.3 is 0 Å². The maximum Gasteiger partial charge on any atom is 0.278 e. The molecule has 0 unspecified atom stereocenters. The average Bonchev–Trinajstić information content (AvgIpc) is 2.90. The smallest absolute Gasteiger partial charge is 0.278 e. The largest absolute Gasteiger partial charge is 0.385 e. The van der Waals surface area contributed by atoms with Crippen LogP contribution in [0.25, 0.3) is 0 Å². The summed E-state index contributed by atoms with van der Waals surface area (Å²) in [5, 5.41) is 7.99. The average molecular weight is 277 g/mol. The van der Waals surface area contributed by atoms with Gasteiger partial charge in [-0.05, 0) is 0 Å². The second-order valence-corrected chi connectivity index (χ2v) is 5.08. The fraction of sp³-hybridized carbons (Fsp3) is 0.333. The number of rotatable bonds is 4. The van der Waals surface area contributed by atoms with E-state index in [1.807, 2.05) is 13.8 Å². The molecule has 0 spiro atoms. The number of nitrogens with one attached hydrogen (secondary N) is 2. The highest BCUT2D eigenvalue weighted by Crippen LogP contribution is 2.18. The molecule has 100 valence electrons. The number of aromatic nitrogens is 3. The summed E-state index contributed by atoms with van der Waals surface area (Å²) in [5.41, 5.74) is 0.926. The second kappa shape index (κ2) is 5.75. The number of anilines is 2. The molecule has 2 rings (SSSR count). The lowest BCUT2D eigenvalue weighted by atomic mass is 10.2. The molecule has 2 aromatic rings. The molecule has 0 saturated carbocycles. The van der Waals surface area contributed by atoms with Crippen LogP contribution in [0.4, 0.5) is 10.8 Å². The zero-order chi connectivity index (χ0) is 13.8. The molecular weight excluding hydrogens is 262 g/mol. The Morgan fingerprint density at radius 2 is 2.16 bits per heavy atom. The summed E-state index contributed by atoms with van der Waals surface area (Å²) < 4.78 is 0. The normalized spacial score (nSPS) is 10.5. The summed E-state index contributed by atoms with van der Waals surface area (Å²) in [6.45, 7) is 3.97. The molecule has 2 aromatic heterocycles. The first-order chi connectivity index (χ1) is 9.11. The molecule has 0 bridgehead atoms. The highest BCUT2D eigenvalue weighted by atomic mass is 32.1. The highest BCUT2D eigenvalue weighted by Gasteiger charge is 2.16. The van der Waals surface area contributed by atoms with Gasteiger partial charge in [0.25, 0.3) is 5.91 Å². The predicted molar refractivity (Wildman–Crippen MR) is 75.7 cm³/mol. The summed E-state index contributed by atoms with van der Waals surface area (Å²) in [5.74, 6) is 0.518. The Hall–Kier alpha value is -2.02. The van der Waals surface area contributed by atoms with Crippen molar-refractivity contribution in [3.8, 4) is 0 Å². The van der Waals surface area contributed by atoms with Crippen molar-refractivity contribution in [2.45, 2.75) is 19.8 Å². The third-order valence-electron chi connectivity index (χ3n) is 2.46. The minimum atomic E-state index is -0.288. The first-order valence-electron chi connectivity index (χ1n) is 5.87. The lowest BCUT2D eigenvalue weighted by Gasteiger charge is -2.10. The number of nitrogens with zero attached hydrogens (tertiary/aromatic N) is 3. The van der Waals surface area contributed by atoms with Crippen LogP contribution >= 0.6 is 11.3 Å². The van der Waals surface area contributed by atoms with E-state index in [9.17, 15) is 4.79 Å². The first kappa shape index (κ1) is 13.4. The molecule has 0 radical (unpaired) electrons. The van der Waals surface area contributed by atoms with Crippen molar-refractivity contribution in [1.82, 2.24) is 15.0 Å². The van der Waals surface area contributed by atoms with E-state index in [0.29, 0.717) is 22.3 Å². The molecule has 0 aliphatic carbocycles. The monoisotopic (exact) mass is 277 g/mol. The fourth-order valence-corrected chi connectivity index (χ4v) is 2.00. The maximum atomic E-state index is 12.2. The topological polar surface area (TPSA) is 79.8 Å². The molecule has 0 fully saturated rings. The maximum absolute atomic E-state index is 12.2. The lowest BCUT2D eigenvalue weighted by molar-refractivity contribution is 0.102. The Bertz CT molecular complexity index is 568. The van der Waals surface area contributed by atoms with Crippen LogP contribution < -0.4 is 10.6 Å². The van der Waals surface area contributed by atoms with Gasteiger partial charge in [0.05, 0.1) is 11.9 Å². The van der Waals surface area contributed by atoms with Crippen molar-refractivity contribution < 1.29 is 4.79 Å². The lowest BCUT2D eigenvalue weighted by Crippen LogP contribution is -2.17. The van der Waals surface area contributed by atoms with Gasteiger partial charge in [-0.15, -0.1) is 11.3 Å². The van der Waals surface area contributed by atoms with Crippen molar-refractivity contribution in [2.24, 2.45) is 0 Å². The number of carbonyl (C=O) groups is 1. The molecular formula is C12H15N5OS. The molecule has 6 nitrogen and oxygen atoms in total. The van der Waals surface area contributed by atoms with E-state index in [-0.39, 0.29) is 11.8 Å². The molecule has 19 heavy (non-hydrogen) atoms. The van der Waals surface area contributed by atoms with Gasteiger partial charge in [-0.2, -0.15) is 0 Å². The van der Waals surface area contributed by atoms with E-state index in [4.69, 9.17) is 0 Å². The van der Waals surface area contributed by atoms with Crippen LogP contribution in [0, 0.1) is 0 Å². The number of carbonyl (C=O) groups excluding carboxylic acids is 1. The van der Waals surface area contributed by atoms with E-state index in [0.717, 1.165) is 0 Å². The van der Waals surface area contributed by atoms with Gasteiger partial charge in [-0.25, -0.2) is 15.0 Å². The van der Waals surface area contributed by atoms with Crippen molar-refractivity contribution in [2.75, 3.05) is 17.7 Å². The molecule has 0 aliphatic rings. The van der Waals surface area contributed by atoms with Gasteiger partial charge in [0, 0.05) is 24.5 Å². The Labute approximate surface area is 115 Å². The van der Waals surface area contributed by atoms with Crippen LogP contribution in [0.5, 0.6) is 0 Å². The van der Waals surface area contributed by atoms with Gasteiger partial charge in [0.2, 0.25) is 0 Å². The van der Waals surface area contributed by atoms with E-state index < -0.39 is 0 Å². The molecule has 0 aromatic carbocycles. The molecule has 0 aliphatic heterocycles. The summed E-state index contributed by atoms with van der Waals surface area (Å²) >= 11 is 1.36. The van der Waals surface area contributed by atoms with Crippen molar-refractivity contribution >= 4 is 28.1 Å². The third kappa shape index (κ3) is 3.05. The Kier molecular flexibility index (Phi) is 4.06. The SMILES string of the molecule is CNc1cnc(C(C)C)nc1C(=O)Nc1nccs1. The second-order valence-electron chi connectivity index (χ2n) is 4.19. The Morgan fingerprint density at radius 1 is 1.37 bits per heavy atom. The summed E-state index contributed by atoms with van der Waals surface area (Å²) in [7, 11) is 1.73. The standard InChI is InChI=1S/C12H15N5OS/c1-7(2)10-15-6-8(13-3)9(16-10)11(18)17-12-14-4-5-19-12/h4-7,13H,1-3H3,(H,14,17,18). The van der Waals surface area contributed by atoms with Crippen molar-refractivity contribution in [3.63, 3.8) is 0 Å². The quantitative estimate of drug-likeness (QED) is 0.896. The van der Waals surface area contributed by atoms with Crippen LogP contribution in [0.2, 0.25) is 0 Å². The molecule has 0 atom stereocenters. The zero-order valence-corrected chi connectivity index (χ0v) is 11.8. The number of hydrogen-bond acceptors (Lipinski definition) is 6. The summed E-state index contributed by atoms with van der Waals surface area (Å²) in [6, 6.07) is 0. The van der Waals surface area contributed by atoms with Gasteiger partial charge < -0.3 is 5.32 Å². The van der Waals surface area contributed by atoms with Crippen LogP contribution in [0.3, 0.4) is 0 Å². The number of hydrogen-bond donors (Lipinski definition) is 2. The van der Waals surface area contributed by atoms with Gasteiger partial charge in [-0.1, -0.05) is 13.8 Å². The minimum absolute atomic E-state index is 0.164. The first-order valence-corrected chi connectivity index (χ1v) is 6.75. The Morgan fingerprint density at radius 3 is 2.74 bits per heavy atom. The van der Waals surface area contributed by atoms with Crippen LogP contribution in [-0.2, 0) is 0 Å². The van der Waals surface area contributed by atoms with Crippen molar-refractivity contribution in [3.05, 3.63) is 29.3 Å². The van der Waals surface area contributed by atoms with Gasteiger partial charge in [0.1, 0.15) is 5.82 Å². The van der Waals surface area contributed by atoms with Crippen LogP contribution in [0.1, 0.15) is 36.1 Å². The van der Waals surface area contributed by atoms with E-state index in [1.165, 1.54) is 11.3 Å². The van der Waals surface area contributed by atoms with Crippen LogP contribution in [-0.4, -0.2) is 27.9 Å². The number of amides is 1. The Balaban J connectivity index is 2.30. The molecule has 0 saturated heterocycles.